The second-order valence-electron chi connectivity index (χ2n) is 7.08. The molecule has 0 bridgehead atoms. The number of nitrogens with one attached hydrogen (secondary N) is 1. The van der Waals surface area contributed by atoms with E-state index in [1.807, 2.05) is 54.2 Å². The summed E-state index contributed by atoms with van der Waals surface area (Å²) in [5.41, 5.74) is 3.00. The number of aryl methyl sites for hydroxylation is 1. The molecule has 0 aliphatic heterocycles. The van der Waals surface area contributed by atoms with Crippen molar-refractivity contribution >= 4 is 43.9 Å². The third-order valence-electron chi connectivity index (χ3n) is 4.91. The normalized spacial score (nSPS) is 11.0. The van der Waals surface area contributed by atoms with Crippen LogP contribution in [0.15, 0.2) is 58.4 Å². The van der Waals surface area contributed by atoms with E-state index in [0.717, 1.165) is 32.6 Å². The van der Waals surface area contributed by atoms with Crippen molar-refractivity contribution in [2.24, 2.45) is 0 Å². The lowest BCUT2D eigenvalue weighted by Gasteiger charge is -2.07. The van der Waals surface area contributed by atoms with Crippen molar-refractivity contribution in [1.82, 2.24) is 15.1 Å². The van der Waals surface area contributed by atoms with Gasteiger partial charge in [-0.1, -0.05) is 30.3 Å². The van der Waals surface area contributed by atoms with E-state index in [4.69, 9.17) is 4.74 Å². The zero-order valence-corrected chi connectivity index (χ0v) is 19.2. The molecular weight excluding hydrogens is 462 g/mol. The first kappa shape index (κ1) is 20.6. The lowest BCUT2D eigenvalue weighted by atomic mass is 10.1. The van der Waals surface area contributed by atoms with E-state index in [9.17, 15) is 4.79 Å². The Hall–Kier alpha value is -2.64. The van der Waals surface area contributed by atoms with Crippen LogP contribution in [-0.2, 0) is 13.2 Å². The number of halogens is 1. The fourth-order valence-corrected chi connectivity index (χ4v) is 4.35. The van der Waals surface area contributed by atoms with E-state index in [0.29, 0.717) is 24.6 Å². The van der Waals surface area contributed by atoms with E-state index < -0.39 is 0 Å². The van der Waals surface area contributed by atoms with Crippen LogP contribution in [0.1, 0.15) is 26.6 Å². The van der Waals surface area contributed by atoms with Gasteiger partial charge in [0.15, 0.2) is 0 Å². The molecule has 30 heavy (non-hydrogen) atoms. The van der Waals surface area contributed by atoms with Gasteiger partial charge in [0.25, 0.3) is 5.91 Å². The summed E-state index contributed by atoms with van der Waals surface area (Å²) in [6.45, 7) is 5.55. The number of aromatic nitrogens is 2. The highest BCUT2D eigenvalue weighted by Gasteiger charge is 2.11. The first-order valence-electron chi connectivity index (χ1n) is 9.68. The van der Waals surface area contributed by atoms with Crippen LogP contribution in [0.2, 0.25) is 0 Å². The maximum atomic E-state index is 12.4. The Balaban J connectivity index is 1.30. The molecule has 4 rings (SSSR count). The van der Waals surface area contributed by atoms with Gasteiger partial charge in [0, 0.05) is 17.8 Å². The summed E-state index contributed by atoms with van der Waals surface area (Å²) >= 11 is 4.95. The third kappa shape index (κ3) is 4.57. The zero-order chi connectivity index (χ0) is 21.1. The quantitative estimate of drug-likeness (QED) is 0.378. The third-order valence-corrected chi connectivity index (χ3v) is 7.03. The molecule has 154 valence electrons. The van der Waals surface area contributed by atoms with Gasteiger partial charge in [0.05, 0.1) is 21.6 Å². The fourth-order valence-electron chi connectivity index (χ4n) is 3.25. The summed E-state index contributed by atoms with van der Waals surface area (Å²) in [6.07, 6.45) is 0. The highest BCUT2D eigenvalue weighted by molar-refractivity contribution is 9.10. The number of fused-ring (bicyclic) bond motifs is 1. The van der Waals surface area contributed by atoms with Crippen molar-refractivity contribution in [1.29, 1.82) is 0 Å². The van der Waals surface area contributed by atoms with Gasteiger partial charge in [-0.3, -0.25) is 9.48 Å². The predicted molar refractivity (Wildman–Crippen MR) is 124 cm³/mol. The number of carbonyl (C=O) groups is 1. The molecule has 0 saturated carbocycles. The number of hydrogen-bond acceptors (Lipinski definition) is 4. The molecule has 2 aromatic heterocycles. The molecule has 7 heteroatoms. The Morgan fingerprint density at radius 1 is 1.17 bits per heavy atom. The van der Waals surface area contributed by atoms with E-state index in [1.54, 1.807) is 0 Å². The molecule has 0 spiro atoms. The molecule has 1 amide bonds. The van der Waals surface area contributed by atoms with Gasteiger partial charge in [-0.25, -0.2) is 0 Å². The van der Waals surface area contributed by atoms with Gasteiger partial charge in [-0.05, 0) is 64.1 Å². The van der Waals surface area contributed by atoms with Crippen LogP contribution in [0.5, 0.6) is 5.75 Å². The van der Waals surface area contributed by atoms with Gasteiger partial charge < -0.3 is 10.1 Å². The van der Waals surface area contributed by atoms with Crippen molar-refractivity contribution in [2.45, 2.75) is 27.0 Å². The molecule has 0 radical (unpaired) electrons. The predicted octanol–water partition coefficient (Wildman–Crippen LogP) is 5.49. The Bertz CT molecular complexity index is 1200. The largest absolute Gasteiger partial charge is 0.489 e. The first-order chi connectivity index (χ1) is 14.5. The van der Waals surface area contributed by atoms with Crippen LogP contribution in [0.4, 0.5) is 0 Å². The second kappa shape index (κ2) is 9.02. The summed E-state index contributed by atoms with van der Waals surface area (Å²) in [5, 5.41) is 11.7. The van der Waals surface area contributed by atoms with Crippen LogP contribution in [0.3, 0.4) is 0 Å². The topological polar surface area (TPSA) is 56.2 Å². The maximum Gasteiger partial charge on any atom is 0.261 e. The second-order valence-corrected chi connectivity index (χ2v) is 8.78. The van der Waals surface area contributed by atoms with E-state index >= 15 is 0 Å². The Kier molecular flexibility index (Phi) is 6.20. The molecule has 0 aliphatic carbocycles. The Morgan fingerprint density at radius 2 is 1.97 bits per heavy atom. The highest BCUT2D eigenvalue weighted by atomic mass is 79.9. The number of amides is 1. The summed E-state index contributed by atoms with van der Waals surface area (Å²) in [5.74, 6) is 0.750. The first-order valence-corrected chi connectivity index (χ1v) is 11.4. The highest BCUT2D eigenvalue weighted by Crippen LogP contribution is 2.23. The number of carbonyl (C=O) groups excluding carboxylic acids is 1. The molecule has 0 aliphatic rings. The molecule has 4 aromatic rings. The molecular formula is C23H22BrN3O2S. The monoisotopic (exact) mass is 483 g/mol. The molecule has 2 heterocycles. The van der Waals surface area contributed by atoms with Gasteiger partial charge in [0.2, 0.25) is 0 Å². The fraction of sp³-hybridized carbons (Fsp3) is 0.217. The summed E-state index contributed by atoms with van der Waals surface area (Å²) in [4.78, 5) is 13.1. The molecule has 0 unspecified atom stereocenters. The molecule has 2 aromatic carbocycles. The number of ether oxygens (including phenoxy) is 1. The number of benzene rings is 2. The van der Waals surface area contributed by atoms with Crippen molar-refractivity contribution in [2.75, 3.05) is 6.54 Å². The number of nitrogens with zero attached hydrogens (tertiary/aromatic N) is 2. The van der Waals surface area contributed by atoms with Crippen molar-refractivity contribution in [3.63, 3.8) is 0 Å². The average Bonchev–Trinajstić information content (AvgIpc) is 3.33. The summed E-state index contributed by atoms with van der Waals surface area (Å²) < 4.78 is 8.83. The SMILES string of the molecule is Cc1nn(CCNC(=O)c2cc(COc3ccc4ccccc4c3)cs2)c(C)c1Br. The minimum atomic E-state index is -0.0717. The van der Waals surface area contributed by atoms with Crippen molar-refractivity contribution < 1.29 is 9.53 Å². The van der Waals surface area contributed by atoms with Crippen LogP contribution in [0.25, 0.3) is 10.8 Å². The van der Waals surface area contributed by atoms with Crippen LogP contribution >= 0.6 is 27.3 Å². The number of thiophene rings is 1. The standard InChI is InChI=1S/C23H22BrN3O2S/c1-15-22(24)16(2)27(26-15)10-9-25-23(28)21-11-17(14-30-21)13-29-20-8-7-18-5-3-4-6-19(18)12-20/h3-8,11-12,14H,9-10,13H2,1-2H3,(H,25,28). The van der Waals surface area contributed by atoms with Crippen molar-refractivity contribution in [3.05, 3.63) is 80.2 Å². The molecule has 1 N–H and O–H groups in total. The zero-order valence-electron chi connectivity index (χ0n) is 16.8. The number of rotatable bonds is 7. The van der Waals surface area contributed by atoms with Crippen molar-refractivity contribution in [3.8, 4) is 5.75 Å². The van der Waals surface area contributed by atoms with Gasteiger partial charge in [-0.2, -0.15) is 5.10 Å². The lowest BCUT2D eigenvalue weighted by Crippen LogP contribution is -2.27. The Morgan fingerprint density at radius 3 is 2.73 bits per heavy atom. The van der Waals surface area contributed by atoms with Crippen LogP contribution < -0.4 is 10.1 Å². The summed E-state index contributed by atoms with van der Waals surface area (Å²) in [6, 6.07) is 16.1. The average molecular weight is 484 g/mol. The van der Waals surface area contributed by atoms with E-state index in [1.165, 1.54) is 16.7 Å². The summed E-state index contributed by atoms with van der Waals surface area (Å²) in [7, 11) is 0. The molecule has 5 nitrogen and oxygen atoms in total. The molecule has 0 fully saturated rings. The van der Waals surface area contributed by atoms with Crippen LogP contribution in [0, 0.1) is 13.8 Å². The molecule has 0 saturated heterocycles. The lowest BCUT2D eigenvalue weighted by molar-refractivity contribution is 0.0956. The van der Waals surface area contributed by atoms with Gasteiger partial charge in [0.1, 0.15) is 12.4 Å². The van der Waals surface area contributed by atoms with Gasteiger partial charge >= 0.3 is 0 Å². The number of hydrogen-bond donors (Lipinski definition) is 1. The van der Waals surface area contributed by atoms with Crippen LogP contribution in [-0.4, -0.2) is 22.2 Å². The smallest absolute Gasteiger partial charge is 0.261 e. The minimum Gasteiger partial charge on any atom is -0.489 e. The van der Waals surface area contributed by atoms with E-state index in [-0.39, 0.29) is 5.91 Å². The van der Waals surface area contributed by atoms with E-state index in [2.05, 4.69) is 44.5 Å². The Labute approximate surface area is 187 Å². The maximum absolute atomic E-state index is 12.4. The molecule has 0 atom stereocenters. The minimum absolute atomic E-state index is 0.0717. The van der Waals surface area contributed by atoms with Gasteiger partial charge in [-0.15, -0.1) is 11.3 Å².